The molecule has 10 nitrogen and oxygen atoms in total. The van der Waals surface area contributed by atoms with Crippen LogP contribution in [0.2, 0.25) is 5.02 Å². The molecule has 0 aromatic heterocycles. The molecule has 0 spiro atoms. The Kier molecular flexibility index (Phi) is 11.6. The van der Waals surface area contributed by atoms with Gasteiger partial charge in [0.05, 0.1) is 5.02 Å². The van der Waals surface area contributed by atoms with E-state index in [-0.39, 0.29) is 53.3 Å². The summed E-state index contributed by atoms with van der Waals surface area (Å²) in [6.45, 7) is 10.4. The van der Waals surface area contributed by atoms with Gasteiger partial charge in [0, 0.05) is 31.7 Å². The van der Waals surface area contributed by atoms with Crippen molar-refractivity contribution < 1.29 is 31.9 Å². The van der Waals surface area contributed by atoms with Crippen molar-refractivity contribution in [2.45, 2.75) is 77.0 Å². The first-order valence-electron chi connectivity index (χ1n) is 14.2. The van der Waals surface area contributed by atoms with Crippen LogP contribution in [0.4, 0.5) is 9.18 Å². The summed E-state index contributed by atoms with van der Waals surface area (Å²) in [5.74, 6) is -1.29. The minimum Gasteiger partial charge on any atom is -0.444 e. The molecule has 1 atom stereocenters. The molecule has 1 aliphatic heterocycles. The van der Waals surface area contributed by atoms with Crippen LogP contribution in [0.5, 0.6) is 0 Å². The average molecular weight is 639 g/mol. The number of nitrogens with one attached hydrogen (secondary N) is 3. The highest BCUT2D eigenvalue weighted by atomic mass is 35.5. The molecule has 0 fully saturated rings. The first kappa shape index (κ1) is 34.3. The lowest BCUT2D eigenvalue weighted by Crippen LogP contribution is -2.48. The average Bonchev–Trinajstić information content (AvgIpc) is 2.90. The quantitative estimate of drug-likeness (QED) is 0.313. The third-order valence-corrected chi connectivity index (χ3v) is 8.53. The SMILES string of the molecule is CC(C)C[C@H](NC(=O)c1ccc2c(c1)CCN(C(=O)OC(C)(C)C)C2)C(=O)NCCCNS(=O)(=O)c1ccc(F)cc1Cl. The van der Waals surface area contributed by atoms with Crippen LogP contribution in [0, 0.1) is 11.7 Å². The van der Waals surface area contributed by atoms with E-state index in [0.29, 0.717) is 31.5 Å². The van der Waals surface area contributed by atoms with Crippen LogP contribution in [-0.4, -0.2) is 62.5 Å². The molecule has 13 heteroatoms. The topological polar surface area (TPSA) is 134 Å². The Hall–Kier alpha value is -3.22. The molecule has 3 amide bonds. The molecule has 0 radical (unpaired) electrons. The summed E-state index contributed by atoms with van der Waals surface area (Å²) in [7, 11) is -3.95. The van der Waals surface area contributed by atoms with Crippen LogP contribution < -0.4 is 15.4 Å². The van der Waals surface area contributed by atoms with Crippen molar-refractivity contribution >= 4 is 39.5 Å². The fourth-order valence-electron chi connectivity index (χ4n) is 4.52. The highest BCUT2D eigenvalue weighted by Gasteiger charge is 2.27. The normalized spacial score (nSPS) is 14.2. The number of ether oxygens (including phenoxy) is 1. The first-order valence-corrected chi connectivity index (χ1v) is 16.0. The predicted octanol–water partition coefficient (Wildman–Crippen LogP) is 4.40. The summed E-state index contributed by atoms with van der Waals surface area (Å²) in [5.41, 5.74) is 1.72. The minimum absolute atomic E-state index is 0.0119. The van der Waals surface area contributed by atoms with Gasteiger partial charge in [-0.05, 0) is 87.4 Å². The number of carbonyl (C=O) groups excluding carboxylic acids is 3. The summed E-state index contributed by atoms with van der Waals surface area (Å²) in [6, 6.07) is 7.51. The molecule has 0 bridgehead atoms. The third-order valence-electron chi connectivity index (χ3n) is 6.59. The molecule has 2 aromatic carbocycles. The zero-order valence-electron chi connectivity index (χ0n) is 25.1. The van der Waals surface area contributed by atoms with Crippen molar-refractivity contribution in [3.05, 3.63) is 63.9 Å². The van der Waals surface area contributed by atoms with E-state index in [4.69, 9.17) is 16.3 Å². The second-order valence-corrected chi connectivity index (χ2v) is 14.1. The Morgan fingerprint density at radius 2 is 1.79 bits per heavy atom. The van der Waals surface area contributed by atoms with Gasteiger partial charge in [0.15, 0.2) is 0 Å². The Bertz CT molecular complexity index is 1440. The van der Waals surface area contributed by atoms with Crippen molar-refractivity contribution in [2.75, 3.05) is 19.6 Å². The first-order chi connectivity index (χ1) is 20.1. The van der Waals surface area contributed by atoms with Gasteiger partial charge in [-0.15, -0.1) is 0 Å². The lowest BCUT2D eigenvalue weighted by molar-refractivity contribution is -0.123. The summed E-state index contributed by atoms with van der Waals surface area (Å²) >= 11 is 5.86. The van der Waals surface area contributed by atoms with Crippen LogP contribution in [0.1, 0.15) is 68.9 Å². The fourth-order valence-corrected chi connectivity index (χ4v) is 6.12. The van der Waals surface area contributed by atoms with Gasteiger partial charge in [-0.25, -0.2) is 22.3 Å². The molecule has 0 unspecified atom stereocenters. The lowest BCUT2D eigenvalue weighted by Gasteiger charge is -2.31. The number of rotatable bonds is 11. The van der Waals surface area contributed by atoms with Crippen molar-refractivity contribution in [3.63, 3.8) is 0 Å². The molecular formula is C30H40ClFN4O6S. The number of amides is 3. The summed E-state index contributed by atoms with van der Waals surface area (Å²) in [5, 5.41) is 5.36. The van der Waals surface area contributed by atoms with E-state index in [1.165, 1.54) is 0 Å². The van der Waals surface area contributed by atoms with Crippen molar-refractivity contribution in [1.29, 1.82) is 0 Å². The number of sulfonamides is 1. The van der Waals surface area contributed by atoms with E-state index in [9.17, 15) is 27.2 Å². The highest BCUT2D eigenvalue weighted by Crippen LogP contribution is 2.23. The molecule has 0 aliphatic carbocycles. The van der Waals surface area contributed by atoms with Gasteiger partial charge in [0.1, 0.15) is 22.4 Å². The lowest BCUT2D eigenvalue weighted by atomic mass is 9.96. The van der Waals surface area contributed by atoms with Gasteiger partial charge in [-0.3, -0.25) is 9.59 Å². The van der Waals surface area contributed by atoms with Gasteiger partial charge in [0.2, 0.25) is 15.9 Å². The maximum Gasteiger partial charge on any atom is 0.410 e. The van der Waals surface area contributed by atoms with Gasteiger partial charge < -0.3 is 20.3 Å². The van der Waals surface area contributed by atoms with Crippen molar-refractivity contribution in [3.8, 4) is 0 Å². The summed E-state index contributed by atoms with van der Waals surface area (Å²) in [6.07, 6.45) is 0.875. The number of benzene rings is 2. The highest BCUT2D eigenvalue weighted by molar-refractivity contribution is 7.89. The number of fused-ring (bicyclic) bond motifs is 1. The number of carbonyl (C=O) groups is 3. The molecule has 3 rings (SSSR count). The molecule has 0 saturated carbocycles. The number of hydrogen-bond donors (Lipinski definition) is 3. The largest absolute Gasteiger partial charge is 0.444 e. The minimum atomic E-state index is -3.95. The molecule has 2 aromatic rings. The maximum atomic E-state index is 13.2. The van der Waals surface area contributed by atoms with Crippen LogP contribution in [-0.2, 0) is 32.5 Å². The van der Waals surface area contributed by atoms with E-state index in [2.05, 4.69) is 15.4 Å². The van der Waals surface area contributed by atoms with Crippen LogP contribution in [0.25, 0.3) is 0 Å². The fraction of sp³-hybridized carbons (Fsp3) is 0.500. The Morgan fingerprint density at radius 3 is 2.44 bits per heavy atom. The van der Waals surface area contributed by atoms with Crippen molar-refractivity contribution in [1.82, 2.24) is 20.3 Å². The smallest absolute Gasteiger partial charge is 0.410 e. The third kappa shape index (κ3) is 10.2. The van der Waals surface area contributed by atoms with Gasteiger partial charge >= 0.3 is 6.09 Å². The zero-order valence-corrected chi connectivity index (χ0v) is 26.7. The molecular weight excluding hydrogens is 599 g/mol. The Morgan fingerprint density at radius 1 is 1.07 bits per heavy atom. The van der Waals surface area contributed by atoms with Crippen LogP contribution in [0.15, 0.2) is 41.3 Å². The number of halogens is 2. The molecule has 3 N–H and O–H groups in total. The second-order valence-electron chi connectivity index (χ2n) is 11.9. The number of nitrogens with zero attached hydrogens (tertiary/aromatic N) is 1. The Labute approximate surface area is 257 Å². The van der Waals surface area contributed by atoms with E-state index in [0.717, 1.165) is 29.3 Å². The maximum absolute atomic E-state index is 13.2. The number of hydrogen-bond acceptors (Lipinski definition) is 6. The van der Waals surface area contributed by atoms with Gasteiger partial charge in [-0.1, -0.05) is 31.5 Å². The zero-order chi connectivity index (χ0) is 31.9. The van der Waals surface area contributed by atoms with Crippen molar-refractivity contribution in [2.24, 2.45) is 5.92 Å². The molecule has 1 heterocycles. The van der Waals surface area contributed by atoms with E-state index in [1.807, 2.05) is 40.7 Å². The monoisotopic (exact) mass is 638 g/mol. The summed E-state index contributed by atoms with van der Waals surface area (Å²) in [4.78, 5) is 40.0. The standard InChI is InChI=1S/C30H40ClFN4O6S/c1-19(2)15-25(28(38)33-12-6-13-34-43(40,41)26-10-9-23(32)17-24(26)31)35-27(37)21-7-8-22-18-36(14-11-20(22)16-21)29(39)42-30(3,4)5/h7-10,16-17,19,25,34H,6,11-15,18H2,1-5H3,(H,33,38)(H,35,37)/t25-/m0/s1. The summed E-state index contributed by atoms with van der Waals surface area (Å²) < 4.78 is 46.0. The molecule has 43 heavy (non-hydrogen) atoms. The predicted molar refractivity (Wildman–Crippen MR) is 162 cm³/mol. The van der Waals surface area contributed by atoms with E-state index < -0.39 is 27.5 Å². The molecule has 1 aliphatic rings. The van der Waals surface area contributed by atoms with E-state index >= 15 is 0 Å². The van der Waals surface area contributed by atoms with Crippen LogP contribution in [0.3, 0.4) is 0 Å². The second kappa shape index (κ2) is 14.5. The van der Waals surface area contributed by atoms with Gasteiger partial charge in [0.25, 0.3) is 5.91 Å². The molecule has 236 valence electrons. The van der Waals surface area contributed by atoms with E-state index in [1.54, 1.807) is 17.0 Å². The molecule has 0 saturated heterocycles. The van der Waals surface area contributed by atoms with Gasteiger partial charge in [-0.2, -0.15) is 0 Å². The van der Waals surface area contributed by atoms with Crippen LogP contribution >= 0.6 is 11.6 Å². The Balaban J connectivity index is 1.54.